The fraction of sp³-hybridized carbons (Fsp3) is 0.172. The molecule has 6 rings (SSSR count). The molecular weight excluding hydrogens is 425 g/mol. The van der Waals surface area contributed by atoms with Gasteiger partial charge >= 0.3 is 0 Å². The molecule has 0 saturated carbocycles. The molecule has 1 aliphatic heterocycles. The van der Waals surface area contributed by atoms with Crippen molar-refractivity contribution in [2.45, 2.75) is 25.5 Å². The van der Waals surface area contributed by atoms with E-state index in [-0.39, 0.29) is 11.9 Å². The summed E-state index contributed by atoms with van der Waals surface area (Å²) in [7, 11) is 0. The number of hydrogen-bond donors (Lipinski definition) is 0. The molecular formula is C29H24FN3O. The fourth-order valence-corrected chi connectivity index (χ4v) is 4.95. The highest BCUT2D eigenvalue weighted by Gasteiger charge is 2.30. The Bertz CT molecular complexity index is 1440. The van der Waals surface area contributed by atoms with Gasteiger partial charge in [-0.15, -0.1) is 0 Å². The Morgan fingerprint density at radius 3 is 2.53 bits per heavy atom. The van der Waals surface area contributed by atoms with Crippen molar-refractivity contribution in [3.05, 3.63) is 108 Å². The number of fused-ring (bicyclic) bond motifs is 2. The molecule has 1 atom stereocenters. The quantitative estimate of drug-likeness (QED) is 0.293. The van der Waals surface area contributed by atoms with Crippen LogP contribution in [0.25, 0.3) is 33.3 Å². The zero-order chi connectivity index (χ0) is 22.9. The fourth-order valence-electron chi connectivity index (χ4n) is 4.95. The van der Waals surface area contributed by atoms with Crippen LogP contribution >= 0.6 is 0 Å². The van der Waals surface area contributed by atoms with Crippen LogP contribution in [0.1, 0.15) is 23.9 Å². The van der Waals surface area contributed by atoms with E-state index >= 15 is 0 Å². The Morgan fingerprint density at radius 1 is 0.882 bits per heavy atom. The molecule has 0 fully saturated rings. The van der Waals surface area contributed by atoms with Crippen LogP contribution in [0, 0.1) is 5.82 Å². The summed E-state index contributed by atoms with van der Waals surface area (Å²) in [6, 6.07) is 25.5. The van der Waals surface area contributed by atoms with Gasteiger partial charge in [-0.3, -0.25) is 4.98 Å². The Labute approximate surface area is 197 Å². The van der Waals surface area contributed by atoms with Gasteiger partial charge in [0, 0.05) is 29.9 Å². The minimum absolute atomic E-state index is 0.190. The minimum atomic E-state index is -0.249. The molecule has 3 heterocycles. The SMILES string of the molecule is Fc1ccc(-c2nc3n(c2-c2ccncc2)C(COCc2cccc4ccccc24)CC3)cc1. The molecule has 0 aliphatic carbocycles. The molecule has 0 spiro atoms. The van der Waals surface area contributed by atoms with Crippen LogP contribution in [-0.2, 0) is 17.8 Å². The largest absolute Gasteiger partial charge is 0.375 e. The summed E-state index contributed by atoms with van der Waals surface area (Å²) >= 11 is 0. The molecule has 3 aromatic carbocycles. The second-order valence-electron chi connectivity index (χ2n) is 8.68. The van der Waals surface area contributed by atoms with Gasteiger partial charge in [-0.2, -0.15) is 0 Å². The highest BCUT2D eigenvalue weighted by Crippen LogP contribution is 2.39. The summed E-state index contributed by atoms with van der Waals surface area (Å²) in [5.74, 6) is 0.797. The number of nitrogens with zero attached hydrogens (tertiary/aromatic N) is 3. The van der Waals surface area contributed by atoms with Crippen LogP contribution in [0.2, 0.25) is 0 Å². The molecule has 5 heteroatoms. The zero-order valence-electron chi connectivity index (χ0n) is 18.7. The Morgan fingerprint density at radius 2 is 1.68 bits per heavy atom. The second-order valence-corrected chi connectivity index (χ2v) is 8.68. The van der Waals surface area contributed by atoms with E-state index in [4.69, 9.17) is 9.72 Å². The maximum absolute atomic E-state index is 13.6. The van der Waals surface area contributed by atoms with E-state index in [0.29, 0.717) is 13.2 Å². The number of ether oxygens (including phenoxy) is 1. The Balaban J connectivity index is 1.31. The first kappa shape index (κ1) is 20.8. The van der Waals surface area contributed by atoms with Crippen molar-refractivity contribution in [1.29, 1.82) is 0 Å². The standard InChI is InChI=1S/C29H24FN3O/c30-24-10-8-21(9-11-24)28-29(22-14-16-31-17-15-22)33-25(12-13-27(33)32-28)19-34-18-23-6-3-5-20-4-1-2-7-26(20)23/h1-11,14-17,25H,12-13,18-19H2. The van der Waals surface area contributed by atoms with E-state index in [0.717, 1.165) is 41.2 Å². The first-order chi connectivity index (χ1) is 16.8. The van der Waals surface area contributed by atoms with Crippen molar-refractivity contribution >= 4 is 10.8 Å². The molecule has 0 bridgehead atoms. The number of benzene rings is 3. The maximum Gasteiger partial charge on any atom is 0.123 e. The van der Waals surface area contributed by atoms with E-state index in [1.165, 1.54) is 28.5 Å². The van der Waals surface area contributed by atoms with Crippen LogP contribution in [0.5, 0.6) is 0 Å². The summed E-state index contributed by atoms with van der Waals surface area (Å²) in [6.45, 7) is 1.17. The lowest BCUT2D eigenvalue weighted by molar-refractivity contribution is 0.0932. The Kier molecular flexibility index (Phi) is 5.40. The average Bonchev–Trinajstić information content (AvgIpc) is 3.45. The van der Waals surface area contributed by atoms with Crippen LogP contribution in [0.15, 0.2) is 91.3 Å². The molecule has 34 heavy (non-hydrogen) atoms. The van der Waals surface area contributed by atoms with Crippen LogP contribution in [-0.4, -0.2) is 21.1 Å². The summed E-state index contributed by atoms with van der Waals surface area (Å²) in [6.07, 6.45) is 5.47. The van der Waals surface area contributed by atoms with E-state index in [1.807, 2.05) is 12.1 Å². The van der Waals surface area contributed by atoms with Gasteiger partial charge in [-0.1, -0.05) is 42.5 Å². The average molecular weight is 450 g/mol. The van der Waals surface area contributed by atoms with Gasteiger partial charge in [0.25, 0.3) is 0 Å². The monoisotopic (exact) mass is 449 g/mol. The third-order valence-corrected chi connectivity index (χ3v) is 6.57. The van der Waals surface area contributed by atoms with Gasteiger partial charge in [-0.05, 0) is 59.2 Å². The van der Waals surface area contributed by atoms with E-state index in [1.54, 1.807) is 24.5 Å². The van der Waals surface area contributed by atoms with Crippen LogP contribution in [0.4, 0.5) is 4.39 Å². The minimum Gasteiger partial charge on any atom is -0.375 e. The van der Waals surface area contributed by atoms with E-state index < -0.39 is 0 Å². The first-order valence-electron chi connectivity index (χ1n) is 11.6. The lowest BCUT2D eigenvalue weighted by Gasteiger charge is -2.18. The lowest BCUT2D eigenvalue weighted by atomic mass is 10.0. The predicted molar refractivity (Wildman–Crippen MR) is 132 cm³/mol. The lowest BCUT2D eigenvalue weighted by Crippen LogP contribution is -2.13. The van der Waals surface area contributed by atoms with Gasteiger partial charge in [0.15, 0.2) is 0 Å². The topological polar surface area (TPSA) is 39.9 Å². The van der Waals surface area contributed by atoms with E-state index in [9.17, 15) is 4.39 Å². The van der Waals surface area contributed by atoms with Gasteiger partial charge in [0.1, 0.15) is 11.6 Å². The third kappa shape index (κ3) is 3.78. The Hall–Kier alpha value is -3.83. The number of aromatic nitrogens is 3. The number of aryl methyl sites for hydroxylation is 1. The van der Waals surface area contributed by atoms with Crippen molar-refractivity contribution in [2.24, 2.45) is 0 Å². The highest BCUT2D eigenvalue weighted by molar-refractivity contribution is 5.85. The summed E-state index contributed by atoms with van der Waals surface area (Å²) < 4.78 is 22.2. The van der Waals surface area contributed by atoms with Crippen LogP contribution in [0.3, 0.4) is 0 Å². The number of imidazole rings is 1. The first-order valence-corrected chi connectivity index (χ1v) is 11.6. The molecule has 0 N–H and O–H groups in total. The van der Waals surface area contributed by atoms with Gasteiger partial charge in [-0.25, -0.2) is 9.37 Å². The summed E-state index contributed by atoms with van der Waals surface area (Å²) in [5, 5.41) is 2.46. The molecule has 5 aromatic rings. The molecule has 0 saturated heterocycles. The van der Waals surface area contributed by atoms with Crippen molar-refractivity contribution in [3.8, 4) is 22.5 Å². The third-order valence-electron chi connectivity index (χ3n) is 6.57. The number of rotatable bonds is 6. The zero-order valence-corrected chi connectivity index (χ0v) is 18.7. The smallest absolute Gasteiger partial charge is 0.123 e. The number of halogens is 1. The maximum atomic E-state index is 13.6. The van der Waals surface area contributed by atoms with Crippen molar-refractivity contribution < 1.29 is 9.13 Å². The second kappa shape index (κ2) is 8.84. The summed E-state index contributed by atoms with van der Waals surface area (Å²) in [5.41, 5.74) is 5.07. The van der Waals surface area contributed by atoms with Gasteiger partial charge < -0.3 is 9.30 Å². The molecule has 0 amide bonds. The predicted octanol–water partition coefficient (Wildman–Crippen LogP) is 6.61. The molecule has 168 valence electrons. The van der Waals surface area contributed by atoms with Crippen molar-refractivity contribution in [2.75, 3.05) is 6.61 Å². The molecule has 0 radical (unpaired) electrons. The molecule has 4 nitrogen and oxygen atoms in total. The molecule has 1 aliphatic rings. The van der Waals surface area contributed by atoms with Crippen molar-refractivity contribution in [1.82, 2.24) is 14.5 Å². The summed E-state index contributed by atoms with van der Waals surface area (Å²) in [4.78, 5) is 9.17. The van der Waals surface area contributed by atoms with Gasteiger partial charge in [0.05, 0.1) is 30.6 Å². The van der Waals surface area contributed by atoms with Crippen LogP contribution < -0.4 is 0 Å². The number of hydrogen-bond acceptors (Lipinski definition) is 3. The number of pyridine rings is 1. The highest BCUT2D eigenvalue weighted by atomic mass is 19.1. The molecule has 2 aromatic heterocycles. The van der Waals surface area contributed by atoms with Crippen molar-refractivity contribution in [3.63, 3.8) is 0 Å². The van der Waals surface area contributed by atoms with Gasteiger partial charge in [0.2, 0.25) is 0 Å². The molecule has 1 unspecified atom stereocenters. The normalized spacial score (nSPS) is 15.0. The van der Waals surface area contributed by atoms with E-state index in [2.05, 4.69) is 52.0 Å².